The van der Waals surface area contributed by atoms with E-state index in [9.17, 15) is 14.5 Å². The maximum absolute atomic E-state index is 12.5. The average Bonchev–Trinajstić information content (AvgIpc) is 3.26. The SMILES string of the molecule is Bc1ccc(Nc2n[s+]([O-])nc2N[C@@H](c2ccc(Cl)o2)C(C)(C)C)c(O)c1C(=O)N(C)C. The fraction of sp³-hybridized carbons (Fsp3) is 0.350. The molecule has 1 aromatic carbocycles. The zero-order valence-electron chi connectivity index (χ0n) is 18.7. The van der Waals surface area contributed by atoms with E-state index in [0.717, 1.165) is 0 Å². The number of halogens is 1. The van der Waals surface area contributed by atoms with Gasteiger partial charge in [-0.25, -0.2) is 0 Å². The number of phenols is 1. The van der Waals surface area contributed by atoms with Crippen molar-refractivity contribution in [3.63, 3.8) is 0 Å². The van der Waals surface area contributed by atoms with E-state index in [2.05, 4.69) is 19.4 Å². The fourth-order valence-electron chi connectivity index (χ4n) is 3.19. The molecule has 12 heteroatoms. The van der Waals surface area contributed by atoms with E-state index in [1.165, 1.54) is 4.90 Å². The summed E-state index contributed by atoms with van der Waals surface area (Å²) in [6.45, 7) is 6.01. The Hall–Kier alpha value is -2.76. The Balaban J connectivity index is 1.97. The van der Waals surface area contributed by atoms with Gasteiger partial charge in [-0.1, -0.05) is 32.3 Å². The number of aromatic nitrogens is 2. The lowest BCUT2D eigenvalue weighted by Gasteiger charge is -2.29. The number of aromatic hydroxyl groups is 1. The second kappa shape index (κ2) is 9.01. The third-order valence-electron chi connectivity index (χ3n) is 4.85. The van der Waals surface area contributed by atoms with Crippen molar-refractivity contribution >= 4 is 59.3 Å². The van der Waals surface area contributed by atoms with E-state index in [1.807, 2.05) is 20.8 Å². The molecular formula is C20H25BClN5O4S. The van der Waals surface area contributed by atoms with Crippen molar-refractivity contribution in [2.24, 2.45) is 5.41 Å². The van der Waals surface area contributed by atoms with Gasteiger partial charge in [0, 0.05) is 22.8 Å². The molecule has 3 rings (SSSR count). The number of benzene rings is 1. The number of amides is 1. The first kappa shape index (κ1) is 23.9. The van der Waals surface area contributed by atoms with E-state index in [0.29, 0.717) is 11.2 Å². The van der Waals surface area contributed by atoms with Gasteiger partial charge in [-0.2, -0.15) is 0 Å². The highest BCUT2D eigenvalue weighted by Crippen LogP contribution is 2.40. The molecule has 2 aromatic heterocycles. The molecule has 3 N–H and O–H groups in total. The third kappa shape index (κ3) is 5.00. The van der Waals surface area contributed by atoms with Gasteiger partial charge >= 0.3 is 0 Å². The van der Waals surface area contributed by atoms with Gasteiger partial charge in [0.2, 0.25) is 11.6 Å². The minimum Gasteiger partial charge on any atom is -0.546 e. The molecule has 0 saturated carbocycles. The van der Waals surface area contributed by atoms with Gasteiger partial charge in [0.05, 0.1) is 17.3 Å². The van der Waals surface area contributed by atoms with E-state index in [-0.39, 0.29) is 51.2 Å². The molecular weight excluding hydrogens is 453 g/mol. The van der Waals surface area contributed by atoms with Crippen LogP contribution in [0.3, 0.4) is 0 Å². The largest absolute Gasteiger partial charge is 0.546 e. The third-order valence-corrected chi connectivity index (χ3v) is 5.73. The van der Waals surface area contributed by atoms with Crippen LogP contribution in [-0.2, 0) is 0 Å². The zero-order valence-corrected chi connectivity index (χ0v) is 20.3. The Bertz CT molecular complexity index is 1140. The molecule has 0 radical (unpaired) electrons. The minimum absolute atomic E-state index is 0.164. The number of carbonyl (C=O) groups excluding carboxylic acids is 1. The lowest BCUT2D eigenvalue weighted by Crippen LogP contribution is -2.28. The van der Waals surface area contributed by atoms with Crippen molar-refractivity contribution in [2.45, 2.75) is 26.8 Å². The van der Waals surface area contributed by atoms with Crippen molar-refractivity contribution in [3.05, 3.63) is 40.8 Å². The second-order valence-electron chi connectivity index (χ2n) is 8.67. The van der Waals surface area contributed by atoms with Crippen LogP contribution in [0.15, 0.2) is 28.7 Å². The van der Waals surface area contributed by atoms with Crippen LogP contribution < -0.4 is 16.1 Å². The normalized spacial score (nSPS) is 13.0. The molecule has 32 heavy (non-hydrogen) atoms. The van der Waals surface area contributed by atoms with Gasteiger partial charge in [0.1, 0.15) is 13.6 Å². The topological polar surface area (TPSA) is 127 Å². The van der Waals surface area contributed by atoms with Gasteiger partial charge in [0.25, 0.3) is 5.91 Å². The average molecular weight is 478 g/mol. The van der Waals surface area contributed by atoms with E-state index < -0.39 is 11.1 Å². The predicted octanol–water partition coefficient (Wildman–Crippen LogP) is 3.06. The first-order chi connectivity index (χ1) is 14.9. The molecule has 0 fully saturated rings. The molecule has 170 valence electrons. The summed E-state index contributed by atoms with van der Waals surface area (Å²) in [7, 11) is 4.95. The molecule has 0 spiro atoms. The van der Waals surface area contributed by atoms with Gasteiger partial charge in [0.15, 0.2) is 22.1 Å². The van der Waals surface area contributed by atoms with Crippen LogP contribution in [0.5, 0.6) is 5.75 Å². The van der Waals surface area contributed by atoms with E-state index in [4.69, 9.17) is 16.0 Å². The van der Waals surface area contributed by atoms with Gasteiger partial charge in [-0.3, -0.25) is 4.79 Å². The molecule has 1 amide bonds. The summed E-state index contributed by atoms with van der Waals surface area (Å²) in [6.07, 6.45) is 0. The lowest BCUT2D eigenvalue weighted by molar-refractivity contribution is 0.0826. The quantitative estimate of drug-likeness (QED) is 0.281. The van der Waals surface area contributed by atoms with Crippen molar-refractivity contribution in [1.82, 2.24) is 13.6 Å². The zero-order chi connectivity index (χ0) is 23.8. The van der Waals surface area contributed by atoms with Gasteiger partial charge in [-0.15, -0.1) is 0 Å². The number of anilines is 3. The molecule has 0 bridgehead atoms. The highest BCUT2D eigenvalue weighted by molar-refractivity contribution is 7.14. The summed E-state index contributed by atoms with van der Waals surface area (Å²) in [6, 6.07) is 6.36. The monoisotopic (exact) mass is 477 g/mol. The summed E-state index contributed by atoms with van der Waals surface area (Å²) in [5.74, 6) is 0.414. The van der Waals surface area contributed by atoms with Crippen LogP contribution in [0, 0.1) is 5.41 Å². The Morgan fingerprint density at radius 2 is 1.91 bits per heavy atom. The van der Waals surface area contributed by atoms with Crippen molar-refractivity contribution in [2.75, 3.05) is 24.7 Å². The number of phenolic OH excluding ortho intramolecular Hbond substituents is 1. The maximum atomic E-state index is 12.5. The molecule has 0 aliphatic heterocycles. The molecule has 2 heterocycles. The highest BCUT2D eigenvalue weighted by atomic mass is 35.5. The van der Waals surface area contributed by atoms with Crippen LogP contribution in [-0.4, -0.2) is 51.2 Å². The van der Waals surface area contributed by atoms with Crippen LogP contribution >= 0.6 is 22.7 Å². The van der Waals surface area contributed by atoms with Crippen molar-refractivity contribution < 1.29 is 18.9 Å². The first-order valence-corrected chi connectivity index (χ1v) is 11.3. The molecule has 3 aromatic rings. The Kier molecular flexibility index (Phi) is 6.73. The van der Waals surface area contributed by atoms with Gasteiger partial charge in [-0.05, 0) is 35.2 Å². The van der Waals surface area contributed by atoms with Crippen molar-refractivity contribution in [3.8, 4) is 5.75 Å². The summed E-state index contributed by atoms with van der Waals surface area (Å²) >= 11 is 4.11. The van der Waals surface area contributed by atoms with Crippen LogP contribution in [0.25, 0.3) is 0 Å². The Morgan fingerprint density at radius 3 is 2.47 bits per heavy atom. The van der Waals surface area contributed by atoms with E-state index in [1.54, 1.807) is 46.2 Å². The lowest BCUT2D eigenvalue weighted by atomic mass is 9.85. The number of furan rings is 1. The number of carbonyl (C=O) groups is 1. The Morgan fingerprint density at radius 1 is 1.25 bits per heavy atom. The summed E-state index contributed by atoms with van der Waals surface area (Å²) < 4.78 is 25.8. The Labute approximate surface area is 195 Å². The maximum Gasteiger partial charge on any atom is 0.256 e. The number of hydrogen-bond donors (Lipinski definition) is 3. The minimum atomic E-state index is -1.85. The van der Waals surface area contributed by atoms with Crippen LogP contribution in [0.1, 0.15) is 42.9 Å². The van der Waals surface area contributed by atoms with Crippen molar-refractivity contribution in [1.29, 1.82) is 0 Å². The smallest absolute Gasteiger partial charge is 0.256 e. The van der Waals surface area contributed by atoms with E-state index >= 15 is 0 Å². The molecule has 9 nitrogen and oxygen atoms in total. The van der Waals surface area contributed by atoms with Gasteiger partial charge < -0.3 is 29.6 Å². The van der Waals surface area contributed by atoms with Crippen LogP contribution in [0.2, 0.25) is 5.22 Å². The first-order valence-electron chi connectivity index (χ1n) is 9.81. The summed E-state index contributed by atoms with van der Waals surface area (Å²) in [5, 5.41) is 17.2. The number of nitrogens with one attached hydrogen (secondary N) is 2. The number of rotatable bonds is 6. The summed E-state index contributed by atoms with van der Waals surface area (Å²) in [4.78, 5) is 13.9. The second-order valence-corrected chi connectivity index (χ2v) is 9.87. The number of hydrogen-bond acceptors (Lipinski definition) is 8. The molecule has 0 saturated heterocycles. The molecule has 0 aliphatic rings. The fourth-order valence-corrected chi connectivity index (χ4v) is 3.96. The molecule has 0 aliphatic carbocycles. The summed E-state index contributed by atoms with van der Waals surface area (Å²) in [5.41, 5.74) is 0.708. The number of nitrogens with zero attached hydrogens (tertiary/aromatic N) is 3. The standard InChI is InChI=1S/C20H25BClN5O4S/c1-20(2,3)16(12-8-9-13(22)31-12)24-18-17(25-32(30)26-18)23-11-7-6-10(21)14(15(11)28)19(29)27(4)5/h6-9,16,28H,21H2,1-5H3,(H,23,25)(H,24,26)/t16-,32?/m0/s1. The molecule has 2 atom stereocenters. The molecule has 1 unspecified atom stereocenters. The predicted molar refractivity (Wildman–Crippen MR) is 128 cm³/mol. The van der Waals surface area contributed by atoms with Crippen LogP contribution in [0.4, 0.5) is 17.3 Å². The highest BCUT2D eigenvalue weighted by Gasteiger charge is 2.32.